The third-order valence-corrected chi connectivity index (χ3v) is 5.87. The van der Waals surface area contributed by atoms with Crippen molar-refractivity contribution < 1.29 is 17.9 Å². The maximum Gasteiger partial charge on any atom is 0.265 e. The first-order chi connectivity index (χ1) is 10.8. The molecule has 0 aliphatic rings. The second kappa shape index (κ2) is 7.12. The van der Waals surface area contributed by atoms with Crippen LogP contribution in [0, 0.1) is 0 Å². The van der Waals surface area contributed by atoms with Crippen LogP contribution in [-0.4, -0.2) is 39.3 Å². The van der Waals surface area contributed by atoms with Crippen molar-refractivity contribution in [2.45, 2.75) is 11.8 Å². The number of hydrogen-bond donors (Lipinski definition) is 1. The first kappa shape index (κ1) is 17.5. The molecular weight excluding hydrogens is 336 g/mol. The van der Waals surface area contributed by atoms with Gasteiger partial charge in [0.1, 0.15) is 5.75 Å². The largest absolute Gasteiger partial charge is 0.494 e. The molecule has 0 spiro atoms. The quantitative estimate of drug-likeness (QED) is 0.865. The van der Waals surface area contributed by atoms with E-state index in [2.05, 4.69) is 5.32 Å². The summed E-state index contributed by atoms with van der Waals surface area (Å²) in [5, 5.41) is 4.19. The van der Waals surface area contributed by atoms with Gasteiger partial charge < -0.3 is 10.1 Å². The summed E-state index contributed by atoms with van der Waals surface area (Å²) in [6.45, 7) is 2.47. The predicted molar refractivity (Wildman–Crippen MR) is 90.8 cm³/mol. The van der Waals surface area contributed by atoms with E-state index in [4.69, 9.17) is 4.74 Å². The molecule has 0 atom stereocenters. The Kier molecular flexibility index (Phi) is 5.40. The van der Waals surface area contributed by atoms with E-state index in [-0.39, 0.29) is 10.8 Å². The third kappa shape index (κ3) is 4.10. The average Bonchev–Trinajstić information content (AvgIpc) is 3.00. The number of ether oxygens (including phenoxy) is 1. The zero-order valence-corrected chi connectivity index (χ0v) is 14.7. The first-order valence-electron chi connectivity index (χ1n) is 6.90. The molecule has 0 aliphatic carbocycles. The summed E-state index contributed by atoms with van der Waals surface area (Å²) >= 11 is 1.09. The van der Waals surface area contributed by atoms with Crippen molar-refractivity contribution in [3.8, 4) is 5.75 Å². The number of nitrogens with one attached hydrogen (secondary N) is 1. The van der Waals surface area contributed by atoms with E-state index in [0.29, 0.717) is 17.2 Å². The lowest BCUT2D eigenvalue weighted by Gasteiger charge is -2.08. The third-order valence-electron chi connectivity index (χ3n) is 3.00. The fourth-order valence-corrected chi connectivity index (χ4v) is 3.84. The van der Waals surface area contributed by atoms with Gasteiger partial charge in [0.2, 0.25) is 10.0 Å². The number of hydrogen-bond acceptors (Lipinski definition) is 5. The minimum atomic E-state index is -3.53. The summed E-state index contributed by atoms with van der Waals surface area (Å²) < 4.78 is 30.5. The molecule has 1 amide bonds. The minimum Gasteiger partial charge on any atom is -0.494 e. The van der Waals surface area contributed by atoms with Crippen LogP contribution in [0.3, 0.4) is 0 Å². The summed E-state index contributed by atoms with van der Waals surface area (Å²) in [4.78, 5) is 12.6. The topological polar surface area (TPSA) is 75.7 Å². The highest BCUT2D eigenvalue weighted by Gasteiger charge is 2.21. The number of benzene rings is 1. The molecule has 0 unspecified atom stereocenters. The number of carbonyl (C=O) groups is 1. The second-order valence-corrected chi connectivity index (χ2v) is 7.91. The smallest absolute Gasteiger partial charge is 0.265 e. The summed E-state index contributed by atoms with van der Waals surface area (Å²) in [5.74, 6) is 0.375. The van der Waals surface area contributed by atoms with E-state index in [1.807, 2.05) is 6.92 Å². The molecule has 0 saturated carbocycles. The van der Waals surface area contributed by atoms with E-state index in [1.165, 1.54) is 25.5 Å². The molecule has 124 valence electrons. The van der Waals surface area contributed by atoms with Crippen molar-refractivity contribution in [3.05, 3.63) is 40.6 Å². The zero-order chi connectivity index (χ0) is 17.0. The molecule has 1 N–H and O–H groups in total. The number of thiophene rings is 1. The molecule has 1 aromatic heterocycles. The molecule has 1 aromatic carbocycles. The van der Waals surface area contributed by atoms with E-state index in [9.17, 15) is 13.2 Å². The summed E-state index contributed by atoms with van der Waals surface area (Å²) in [6.07, 6.45) is 0. The Morgan fingerprint density at radius 1 is 1.26 bits per heavy atom. The predicted octanol–water partition coefficient (Wildman–Crippen LogP) is 2.65. The van der Waals surface area contributed by atoms with Gasteiger partial charge in [0.25, 0.3) is 5.91 Å². The van der Waals surface area contributed by atoms with Crippen LogP contribution in [0.15, 0.2) is 40.6 Å². The van der Waals surface area contributed by atoms with Crippen molar-refractivity contribution in [2.24, 2.45) is 0 Å². The maximum atomic E-state index is 12.2. The number of nitrogens with zero attached hydrogens (tertiary/aromatic N) is 1. The van der Waals surface area contributed by atoms with Crippen LogP contribution < -0.4 is 10.1 Å². The number of anilines is 1. The second-order valence-electron chi connectivity index (χ2n) is 4.85. The summed E-state index contributed by atoms with van der Waals surface area (Å²) in [5.41, 5.74) is 0.615. The molecule has 1 heterocycles. The Bertz CT molecular complexity index is 780. The zero-order valence-electron chi connectivity index (χ0n) is 13.1. The van der Waals surface area contributed by atoms with Gasteiger partial charge in [0.15, 0.2) is 0 Å². The van der Waals surface area contributed by atoms with E-state index in [0.717, 1.165) is 21.4 Å². The normalized spacial score (nSPS) is 11.5. The van der Waals surface area contributed by atoms with Gasteiger partial charge in [-0.15, -0.1) is 11.3 Å². The van der Waals surface area contributed by atoms with Crippen LogP contribution in [0.5, 0.6) is 5.75 Å². The fourth-order valence-electron chi connectivity index (χ4n) is 1.78. The van der Waals surface area contributed by atoms with Gasteiger partial charge in [-0.25, -0.2) is 12.7 Å². The highest BCUT2D eigenvalue weighted by Crippen LogP contribution is 2.23. The molecule has 0 fully saturated rings. The first-order valence-corrected chi connectivity index (χ1v) is 9.22. The summed E-state index contributed by atoms with van der Waals surface area (Å²) in [7, 11) is -0.625. The highest BCUT2D eigenvalue weighted by molar-refractivity contribution is 7.89. The average molecular weight is 354 g/mol. The lowest BCUT2D eigenvalue weighted by Crippen LogP contribution is -2.21. The lowest BCUT2D eigenvalue weighted by molar-refractivity contribution is 0.103. The molecule has 2 aromatic rings. The van der Waals surface area contributed by atoms with Gasteiger partial charge in [-0.3, -0.25) is 4.79 Å². The van der Waals surface area contributed by atoms with Crippen LogP contribution in [-0.2, 0) is 10.0 Å². The van der Waals surface area contributed by atoms with Crippen LogP contribution in [0.2, 0.25) is 0 Å². The fraction of sp³-hybridized carbons (Fsp3) is 0.267. The number of sulfonamides is 1. The molecule has 0 radical (unpaired) electrons. The van der Waals surface area contributed by atoms with Crippen LogP contribution >= 0.6 is 11.3 Å². The number of amides is 1. The number of carbonyl (C=O) groups excluding carboxylic acids is 1. The van der Waals surface area contributed by atoms with Crippen molar-refractivity contribution in [2.75, 3.05) is 26.0 Å². The van der Waals surface area contributed by atoms with Crippen molar-refractivity contribution in [3.63, 3.8) is 0 Å². The molecule has 23 heavy (non-hydrogen) atoms. The van der Waals surface area contributed by atoms with Crippen LogP contribution in [0.4, 0.5) is 5.69 Å². The van der Waals surface area contributed by atoms with Gasteiger partial charge in [-0.2, -0.15) is 0 Å². The van der Waals surface area contributed by atoms with Crippen molar-refractivity contribution in [1.82, 2.24) is 4.31 Å². The minimum absolute atomic E-state index is 0.115. The number of rotatable bonds is 6. The molecule has 0 aliphatic heterocycles. The van der Waals surface area contributed by atoms with Crippen LogP contribution in [0.25, 0.3) is 0 Å². The maximum absolute atomic E-state index is 12.2. The van der Waals surface area contributed by atoms with E-state index in [1.54, 1.807) is 24.3 Å². The SMILES string of the molecule is CCOc1ccc(NC(=O)c2cc(S(=O)(=O)N(C)C)cs2)cc1. The molecule has 0 saturated heterocycles. The van der Waals surface area contributed by atoms with E-state index < -0.39 is 10.0 Å². The monoisotopic (exact) mass is 354 g/mol. The Labute approximate surface area is 139 Å². The molecule has 2 rings (SSSR count). The van der Waals surface area contributed by atoms with Gasteiger partial charge in [-0.05, 0) is 37.3 Å². The molecular formula is C15H18N2O4S2. The Balaban J connectivity index is 2.11. The highest BCUT2D eigenvalue weighted by atomic mass is 32.2. The van der Waals surface area contributed by atoms with Gasteiger partial charge in [0.05, 0.1) is 16.4 Å². The standard InChI is InChI=1S/C15H18N2O4S2/c1-4-21-12-7-5-11(6-8-12)16-15(18)14-9-13(10-22-14)23(19,20)17(2)3/h5-10H,4H2,1-3H3,(H,16,18). The van der Waals surface area contributed by atoms with Crippen molar-refractivity contribution >= 4 is 33.0 Å². The van der Waals surface area contributed by atoms with Crippen molar-refractivity contribution in [1.29, 1.82) is 0 Å². The van der Waals surface area contributed by atoms with Gasteiger partial charge in [0, 0.05) is 25.2 Å². The van der Waals surface area contributed by atoms with Gasteiger partial charge in [-0.1, -0.05) is 0 Å². The van der Waals surface area contributed by atoms with Gasteiger partial charge >= 0.3 is 0 Å². The summed E-state index contributed by atoms with van der Waals surface area (Å²) in [6, 6.07) is 8.36. The lowest BCUT2D eigenvalue weighted by atomic mass is 10.3. The Morgan fingerprint density at radius 2 is 1.91 bits per heavy atom. The Morgan fingerprint density at radius 3 is 2.48 bits per heavy atom. The van der Waals surface area contributed by atoms with E-state index >= 15 is 0 Å². The van der Waals surface area contributed by atoms with Crippen LogP contribution in [0.1, 0.15) is 16.6 Å². The molecule has 6 nitrogen and oxygen atoms in total. The molecule has 8 heteroatoms. The molecule has 0 bridgehead atoms. The Hall–Kier alpha value is -1.90.